The summed E-state index contributed by atoms with van der Waals surface area (Å²) in [4.78, 5) is 9.66. The Bertz CT molecular complexity index is 68.0. The fraction of sp³-hybridized carbons (Fsp3) is 0.800. The summed E-state index contributed by atoms with van der Waals surface area (Å²) in [6, 6.07) is 0. The third-order valence-corrected chi connectivity index (χ3v) is 0.943. The first kappa shape index (κ1) is 8.39. The van der Waals surface area contributed by atoms with Crippen LogP contribution in [-0.4, -0.2) is 24.7 Å². The Kier molecular flexibility index (Phi) is 6.89. The molecule has 0 unspecified atom stereocenters. The van der Waals surface area contributed by atoms with Gasteiger partial charge in [0.05, 0.1) is 0 Å². The van der Waals surface area contributed by atoms with Crippen LogP contribution in [-0.2, 0) is 4.79 Å². The van der Waals surface area contributed by atoms with Gasteiger partial charge < -0.3 is 10.5 Å². The van der Waals surface area contributed by atoms with Crippen LogP contribution in [0.15, 0.2) is 0 Å². The van der Waals surface area contributed by atoms with Crippen LogP contribution < -0.4 is 10.8 Å². The van der Waals surface area contributed by atoms with Gasteiger partial charge in [0, 0.05) is 13.1 Å². The van der Waals surface area contributed by atoms with Crippen molar-refractivity contribution in [1.82, 2.24) is 10.8 Å². The summed E-state index contributed by atoms with van der Waals surface area (Å²) in [6.07, 6.45) is 2.44. The minimum absolute atomic E-state index is 0.584. The van der Waals surface area contributed by atoms with Crippen molar-refractivity contribution in [2.45, 2.75) is 12.8 Å². The molecule has 9 heavy (non-hydrogen) atoms. The second-order valence-corrected chi connectivity index (χ2v) is 1.69. The molecular weight excluding hydrogens is 120 g/mol. The van der Waals surface area contributed by atoms with E-state index in [4.69, 9.17) is 5.21 Å². The van der Waals surface area contributed by atoms with E-state index in [1.807, 2.05) is 5.48 Å². The number of unbranched alkanes of at least 4 members (excludes halogenated alkanes) is 1. The monoisotopic (exact) mass is 132 g/mol. The Morgan fingerprint density at radius 2 is 2.00 bits per heavy atom. The van der Waals surface area contributed by atoms with E-state index in [-0.39, 0.29) is 0 Å². The zero-order valence-electron chi connectivity index (χ0n) is 5.26. The Hall–Kier alpha value is -0.610. The molecule has 0 aliphatic rings. The Labute approximate surface area is 54.2 Å². The van der Waals surface area contributed by atoms with Crippen LogP contribution in [0.1, 0.15) is 12.8 Å². The third-order valence-electron chi connectivity index (χ3n) is 0.943. The molecule has 0 aromatic carbocycles. The molecule has 0 fully saturated rings. The molecule has 0 radical (unpaired) electrons. The number of amides is 1. The minimum atomic E-state index is 0.584. The van der Waals surface area contributed by atoms with Crippen LogP contribution in [0.3, 0.4) is 0 Å². The summed E-state index contributed by atoms with van der Waals surface area (Å²) in [7, 11) is 0. The van der Waals surface area contributed by atoms with E-state index in [9.17, 15) is 4.79 Å². The van der Waals surface area contributed by atoms with Gasteiger partial charge in [0.1, 0.15) is 0 Å². The number of nitrogens with one attached hydrogen (secondary N) is 2. The molecule has 0 spiro atoms. The maximum Gasteiger partial charge on any atom is 0.207 e. The highest BCUT2D eigenvalue weighted by Crippen LogP contribution is 1.81. The van der Waals surface area contributed by atoms with Gasteiger partial charge in [-0.2, -0.15) is 0 Å². The molecule has 0 aliphatic carbocycles. The highest BCUT2D eigenvalue weighted by Gasteiger charge is 1.84. The first-order valence-electron chi connectivity index (χ1n) is 2.96. The average Bonchev–Trinajstić information content (AvgIpc) is 1.89. The summed E-state index contributed by atoms with van der Waals surface area (Å²) in [5.41, 5.74) is 2.03. The van der Waals surface area contributed by atoms with Crippen molar-refractivity contribution >= 4 is 6.41 Å². The molecule has 4 heteroatoms. The van der Waals surface area contributed by atoms with Crippen molar-refractivity contribution in [3.63, 3.8) is 0 Å². The molecule has 3 N–H and O–H groups in total. The van der Waals surface area contributed by atoms with E-state index >= 15 is 0 Å². The summed E-state index contributed by atoms with van der Waals surface area (Å²) < 4.78 is 0. The van der Waals surface area contributed by atoms with Gasteiger partial charge in [0.2, 0.25) is 6.41 Å². The number of hydrogen-bond acceptors (Lipinski definition) is 3. The molecule has 54 valence electrons. The van der Waals surface area contributed by atoms with Crippen molar-refractivity contribution in [1.29, 1.82) is 0 Å². The predicted octanol–water partition coefficient (Wildman–Crippen LogP) is -0.509. The first-order valence-corrected chi connectivity index (χ1v) is 2.96. The van der Waals surface area contributed by atoms with E-state index < -0.39 is 0 Å². The molecule has 0 atom stereocenters. The van der Waals surface area contributed by atoms with Crippen molar-refractivity contribution < 1.29 is 10.0 Å². The molecule has 0 saturated carbocycles. The number of carbonyl (C=O) groups excluding carboxylic acids is 1. The first-order chi connectivity index (χ1) is 4.41. The van der Waals surface area contributed by atoms with Gasteiger partial charge in [-0.3, -0.25) is 4.79 Å². The van der Waals surface area contributed by atoms with E-state index in [0.29, 0.717) is 19.5 Å². The number of hydroxylamine groups is 1. The second-order valence-electron chi connectivity index (χ2n) is 1.69. The Morgan fingerprint density at radius 1 is 1.33 bits per heavy atom. The lowest BCUT2D eigenvalue weighted by Gasteiger charge is -1.96. The van der Waals surface area contributed by atoms with Crippen molar-refractivity contribution in [3.05, 3.63) is 0 Å². The average molecular weight is 132 g/mol. The molecule has 0 rings (SSSR count). The lowest BCUT2D eigenvalue weighted by atomic mass is 10.3. The van der Waals surface area contributed by atoms with Crippen molar-refractivity contribution in [2.75, 3.05) is 13.1 Å². The van der Waals surface area contributed by atoms with E-state index in [0.717, 1.165) is 12.8 Å². The highest BCUT2D eigenvalue weighted by molar-refractivity contribution is 5.45. The maximum absolute atomic E-state index is 9.66. The predicted molar refractivity (Wildman–Crippen MR) is 33.1 cm³/mol. The topological polar surface area (TPSA) is 61.4 Å². The van der Waals surface area contributed by atoms with Gasteiger partial charge >= 0.3 is 0 Å². The molecule has 0 aliphatic heterocycles. The van der Waals surface area contributed by atoms with Gasteiger partial charge in [0.15, 0.2) is 0 Å². The smallest absolute Gasteiger partial charge is 0.207 e. The fourth-order valence-corrected chi connectivity index (χ4v) is 0.490. The minimum Gasteiger partial charge on any atom is -0.359 e. The SMILES string of the molecule is O=CNCCCCNO. The summed E-state index contributed by atoms with van der Waals surface area (Å²) in [5, 5.41) is 10.6. The Balaban J connectivity index is 2.66. The lowest BCUT2D eigenvalue weighted by molar-refractivity contribution is -0.109. The zero-order valence-corrected chi connectivity index (χ0v) is 5.26. The van der Waals surface area contributed by atoms with Crippen molar-refractivity contribution in [3.8, 4) is 0 Å². The van der Waals surface area contributed by atoms with Crippen LogP contribution in [0.25, 0.3) is 0 Å². The van der Waals surface area contributed by atoms with E-state index in [1.54, 1.807) is 0 Å². The van der Waals surface area contributed by atoms with E-state index in [1.165, 1.54) is 0 Å². The van der Waals surface area contributed by atoms with E-state index in [2.05, 4.69) is 5.32 Å². The van der Waals surface area contributed by atoms with Crippen LogP contribution in [0.4, 0.5) is 0 Å². The number of carbonyl (C=O) groups is 1. The molecule has 0 aromatic heterocycles. The van der Waals surface area contributed by atoms with Crippen molar-refractivity contribution in [2.24, 2.45) is 0 Å². The third kappa shape index (κ3) is 7.39. The Morgan fingerprint density at radius 3 is 2.56 bits per heavy atom. The normalized spacial score (nSPS) is 9.00. The zero-order chi connectivity index (χ0) is 6.95. The fourth-order valence-electron chi connectivity index (χ4n) is 0.490. The van der Waals surface area contributed by atoms with Crippen LogP contribution in [0, 0.1) is 0 Å². The van der Waals surface area contributed by atoms with Crippen LogP contribution >= 0.6 is 0 Å². The molecular formula is C5H12N2O2. The van der Waals surface area contributed by atoms with Gasteiger partial charge in [-0.05, 0) is 12.8 Å². The molecule has 0 heterocycles. The summed E-state index contributed by atoms with van der Waals surface area (Å²) in [5.74, 6) is 0. The quantitative estimate of drug-likeness (QED) is 0.259. The largest absolute Gasteiger partial charge is 0.359 e. The van der Waals surface area contributed by atoms with Gasteiger partial charge in [-0.25, -0.2) is 5.48 Å². The lowest BCUT2D eigenvalue weighted by Crippen LogP contribution is -2.15. The molecule has 4 nitrogen and oxygen atoms in total. The molecule has 0 aromatic rings. The number of hydrogen-bond donors (Lipinski definition) is 3. The summed E-state index contributed by atoms with van der Waals surface area (Å²) in [6.45, 7) is 1.27. The number of rotatable bonds is 6. The molecule has 0 bridgehead atoms. The van der Waals surface area contributed by atoms with Gasteiger partial charge in [-0.15, -0.1) is 0 Å². The molecule has 1 amide bonds. The van der Waals surface area contributed by atoms with Gasteiger partial charge in [0.25, 0.3) is 0 Å². The van der Waals surface area contributed by atoms with Crippen LogP contribution in [0.2, 0.25) is 0 Å². The summed E-state index contributed by atoms with van der Waals surface area (Å²) >= 11 is 0. The maximum atomic E-state index is 9.66. The second kappa shape index (κ2) is 7.39. The van der Waals surface area contributed by atoms with Crippen LogP contribution in [0.5, 0.6) is 0 Å². The highest BCUT2D eigenvalue weighted by atomic mass is 16.5. The standard InChI is InChI=1S/C5H12N2O2/c8-5-6-3-1-2-4-7-9/h5,7,9H,1-4H2,(H,6,8). The van der Waals surface area contributed by atoms with Gasteiger partial charge in [-0.1, -0.05) is 0 Å². The molecule has 0 saturated heterocycles.